The van der Waals surface area contributed by atoms with Gasteiger partial charge in [-0.25, -0.2) is 4.39 Å². The molecule has 2 amide bonds. The smallest absolute Gasteiger partial charge is 0.255 e. The molecule has 0 aliphatic heterocycles. The largest absolute Gasteiger partial charge is 0.330 e. The molecule has 0 atom stereocenters. The first kappa shape index (κ1) is 17.3. The molecule has 2 N–H and O–H groups in total. The lowest BCUT2D eigenvalue weighted by Crippen LogP contribution is -2.44. The maximum absolute atomic E-state index is 12.9. The minimum atomic E-state index is -1.32. The van der Waals surface area contributed by atoms with Crippen LogP contribution in [-0.4, -0.2) is 21.5 Å². The molecule has 110 valence electrons. The van der Waals surface area contributed by atoms with Crippen LogP contribution < -0.4 is 10.6 Å². The molecule has 0 radical (unpaired) electrons. The van der Waals surface area contributed by atoms with Gasteiger partial charge in [0.2, 0.25) is 0 Å². The highest BCUT2D eigenvalue weighted by Crippen LogP contribution is 2.14. The van der Waals surface area contributed by atoms with Crippen molar-refractivity contribution in [1.29, 1.82) is 0 Å². The lowest BCUT2D eigenvalue weighted by molar-refractivity contribution is -0.122. The Bertz CT molecular complexity index is 460. The summed E-state index contributed by atoms with van der Waals surface area (Å²) >= 11 is 21.7. The van der Waals surface area contributed by atoms with E-state index in [2.05, 4.69) is 10.6 Å². The zero-order valence-electron chi connectivity index (χ0n) is 9.75. The van der Waals surface area contributed by atoms with Crippen molar-refractivity contribution in [3.8, 4) is 0 Å². The first-order valence-electron chi connectivity index (χ1n) is 5.23. The molecule has 0 saturated heterocycles. The number of carbonyl (C=O) groups is 2. The number of carbonyl (C=O) groups excluding carboxylic acids is 2. The highest BCUT2D eigenvalue weighted by atomic mass is 35.5. The molecule has 9 heteroatoms. The maximum atomic E-state index is 12.9. The third kappa shape index (κ3) is 5.32. The zero-order chi connectivity index (χ0) is 15.3. The zero-order valence-corrected chi connectivity index (χ0v) is 12.8. The Kier molecular flexibility index (Phi) is 6.82. The van der Waals surface area contributed by atoms with Crippen LogP contribution in [0.5, 0.6) is 0 Å². The topological polar surface area (TPSA) is 58.2 Å². The Labute approximate surface area is 134 Å². The van der Waals surface area contributed by atoms with Crippen LogP contribution in [0.15, 0.2) is 24.3 Å². The first-order chi connectivity index (χ1) is 9.31. The van der Waals surface area contributed by atoms with Gasteiger partial charge in [0, 0.05) is 0 Å². The summed E-state index contributed by atoms with van der Waals surface area (Å²) in [7, 11) is 0. The third-order valence-corrected chi connectivity index (χ3v) is 2.97. The van der Waals surface area contributed by atoms with Crippen LogP contribution in [0.2, 0.25) is 0 Å². The molecular formula is C11H9Cl4FN2O2. The van der Waals surface area contributed by atoms with Crippen LogP contribution in [0.1, 0.15) is 11.7 Å². The number of hydrogen-bond acceptors (Lipinski definition) is 2. The monoisotopic (exact) mass is 360 g/mol. The Morgan fingerprint density at radius 2 is 1.30 bits per heavy atom. The highest BCUT2D eigenvalue weighted by molar-refractivity contribution is 6.54. The molecule has 4 nitrogen and oxygen atoms in total. The van der Waals surface area contributed by atoms with E-state index in [9.17, 15) is 14.0 Å². The number of rotatable bonds is 5. The number of amides is 2. The Morgan fingerprint density at radius 3 is 1.65 bits per heavy atom. The number of benzene rings is 1. The van der Waals surface area contributed by atoms with E-state index in [1.165, 1.54) is 24.3 Å². The fourth-order valence-corrected chi connectivity index (χ4v) is 1.52. The third-order valence-electron chi connectivity index (χ3n) is 2.17. The van der Waals surface area contributed by atoms with Crippen LogP contribution >= 0.6 is 46.4 Å². The second-order valence-electron chi connectivity index (χ2n) is 3.60. The van der Waals surface area contributed by atoms with Gasteiger partial charge in [-0.15, -0.1) is 0 Å². The second kappa shape index (κ2) is 7.88. The number of halogens is 5. The standard InChI is InChI=1S/C11H9Cl4FN2O2/c12-7(13)10(19)17-9(18-11(20)8(14)15)5-1-3-6(16)4-2-5/h1-4,7-9H,(H,17,19)(H,18,20). The lowest BCUT2D eigenvalue weighted by atomic mass is 10.1. The molecule has 0 aliphatic rings. The quantitative estimate of drug-likeness (QED) is 0.625. The highest BCUT2D eigenvalue weighted by Gasteiger charge is 2.22. The summed E-state index contributed by atoms with van der Waals surface area (Å²) < 4.78 is 12.9. The van der Waals surface area contributed by atoms with E-state index < -0.39 is 33.5 Å². The van der Waals surface area contributed by atoms with Gasteiger partial charge < -0.3 is 10.6 Å². The summed E-state index contributed by atoms with van der Waals surface area (Å²) in [5.41, 5.74) is 0.399. The average molecular weight is 362 g/mol. The minimum Gasteiger partial charge on any atom is -0.330 e. The molecule has 0 unspecified atom stereocenters. The molecule has 0 fully saturated rings. The van der Waals surface area contributed by atoms with Gasteiger partial charge in [0.05, 0.1) is 0 Å². The van der Waals surface area contributed by atoms with Crippen molar-refractivity contribution in [3.63, 3.8) is 0 Å². The molecule has 1 rings (SSSR count). The first-order valence-corrected chi connectivity index (χ1v) is 6.98. The number of nitrogens with one attached hydrogen (secondary N) is 2. The molecule has 1 aromatic carbocycles. The average Bonchev–Trinajstić information content (AvgIpc) is 2.38. The van der Waals surface area contributed by atoms with E-state index in [0.717, 1.165) is 0 Å². The summed E-state index contributed by atoms with van der Waals surface area (Å²) in [6.07, 6.45) is -0.990. The van der Waals surface area contributed by atoms with Gasteiger partial charge in [-0.1, -0.05) is 58.5 Å². The summed E-state index contributed by atoms with van der Waals surface area (Å²) in [5, 5.41) is 4.73. The van der Waals surface area contributed by atoms with Gasteiger partial charge in [0.25, 0.3) is 11.8 Å². The van der Waals surface area contributed by atoms with Gasteiger partial charge in [0.15, 0.2) is 9.67 Å². The molecule has 0 saturated carbocycles. The number of hydrogen-bond donors (Lipinski definition) is 2. The maximum Gasteiger partial charge on any atom is 0.255 e. The molecular weight excluding hydrogens is 353 g/mol. The van der Waals surface area contributed by atoms with Crippen LogP contribution in [0.4, 0.5) is 4.39 Å². The van der Waals surface area contributed by atoms with E-state index in [1.807, 2.05) is 0 Å². The van der Waals surface area contributed by atoms with Gasteiger partial charge in [-0.2, -0.15) is 0 Å². The van der Waals surface area contributed by atoms with Gasteiger partial charge in [-0.05, 0) is 17.7 Å². The van der Waals surface area contributed by atoms with Crippen molar-refractivity contribution in [2.24, 2.45) is 0 Å². The predicted octanol–water partition coefficient (Wildman–Crippen LogP) is 2.66. The van der Waals surface area contributed by atoms with Gasteiger partial charge >= 0.3 is 0 Å². The van der Waals surface area contributed by atoms with E-state index in [4.69, 9.17) is 46.4 Å². The van der Waals surface area contributed by atoms with Gasteiger partial charge in [-0.3, -0.25) is 9.59 Å². The van der Waals surface area contributed by atoms with Crippen molar-refractivity contribution in [2.75, 3.05) is 0 Å². The summed E-state index contributed by atoms with van der Waals surface area (Å²) in [6, 6.07) is 5.07. The predicted molar refractivity (Wildman–Crippen MR) is 76.4 cm³/mol. The fourth-order valence-electron chi connectivity index (χ4n) is 1.27. The second-order valence-corrected chi connectivity index (χ2v) is 5.80. The Hall–Kier alpha value is -0.750. The van der Waals surface area contributed by atoms with Crippen LogP contribution in [0, 0.1) is 5.82 Å². The van der Waals surface area contributed by atoms with E-state index in [1.54, 1.807) is 0 Å². The SMILES string of the molecule is O=C(NC(NC(=O)C(Cl)Cl)c1ccc(F)cc1)C(Cl)Cl. The Morgan fingerprint density at radius 1 is 0.900 bits per heavy atom. The molecule has 0 bridgehead atoms. The molecule has 20 heavy (non-hydrogen) atoms. The number of alkyl halides is 4. The lowest BCUT2D eigenvalue weighted by Gasteiger charge is -2.21. The van der Waals surface area contributed by atoms with Crippen molar-refractivity contribution in [2.45, 2.75) is 15.8 Å². The van der Waals surface area contributed by atoms with Crippen LogP contribution in [0.25, 0.3) is 0 Å². The van der Waals surface area contributed by atoms with E-state index in [-0.39, 0.29) is 0 Å². The molecule has 0 spiro atoms. The van der Waals surface area contributed by atoms with Crippen molar-refractivity contribution in [3.05, 3.63) is 35.6 Å². The molecule has 0 aromatic heterocycles. The van der Waals surface area contributed by atoms with Crippen LogP contribution in [-0.2, 0) is 9.59 Å². The molecule has 1 aromatic rings. The normalized spacial score (nSPS) is 11.0. The van der Waals surface area contributed by atoms with Gasteiger partial charge in [0.1, 0.15) is 12.0 Å². The van der Waals surface area contributed by atoms with E-state index in [0.29, 0.717) is 5.56 Å². The van der Waals surface area contributed by atoms with Crippen molar-refractivity contribution in [1.82, 2.24) is 10.6 Å². The summed E-state index contributed by atoms with van der Waals surface area (Å²) in [6.45, 7) is 0. The minimum absolute atomic E-state index is 0.399. The summed E-state index contributed by atoms with van der Waals surface area (Å²) in [5.74, 6) is -1.93. The van der Waals surface area contributed by atoms with Crippen molar-refractivity contribution >= 4 is 58.2 Å². The van der Waals surface area contributed by atoms with Crippen LogP contribution in [0.3, 0.4) is 0 Å². The molecule has 0 heterocycles. The fraction of sp³-hybridized carbons (Fsp3) is 0.273. The molecule has 0 aliphatic carbocycles. The Balaban J connectivity index is 2.91. The van der Waals surface area contributed by atoms with Crippen molar-refractivity contribution < 1.29 is 14.0 Å². The van der Waals surface area contributed by atoms with E-state index >= 15 is 0 Å². The summed E-state index contributed by atoms with van der Waals surface area (Å²) in [4.78, 5) is 20.3.